The summed E-state index contributed by atoms with van der Waals surface area (Å²) in [4.78, 5) is 0. The van der Waals surface area contributed by atoms with Crippen molar-refractivity contribution in [3.05, 3.63) is 29.8 Å². The Bertz CT molecular complexity index is 547. The molecule has 0 amide bonds. The second-order valence-corrected chi connectivity index (χ2v) is 10.8. The van der Waals surface area contributed by atoms with Crippen LogP contribution in [0.1, 0.15) is 105 Å². The van der Waals surface area contributed by atoms with Gasteiger partial charge in [0, 0.05) is 6.42 Å². The second kappa shape index (κ2) is 10.7. The van der Waals surface area contributed by atoms with E-state index in [9.17, 15) is 0 Å². The lowest BCUT2D eigenvalue weighted by Crippen LogP contribution is -2.32. The van der Waals surface area contributed by atoms with E-state index in [4.69, 9.17) is 9.47 Å². The van der Waals surface area contributed by atoms with Gasteiger partial charge in [0.1, 0.15) is 5.75 Å². The predicted molar refractivity (Wildman–Crippen MR) is 120 cm³/mol. The van der Waals surface area contributed by atoms with Gasteiger partial charge in [-0.25, -0.2) is 0 Å². The van der Waals surface area contributed by atoms with Crippen molar-refractivity contribution < 1.29 is 9.47 Å². The van der Waals surface area contributed by atoms with Crippen molar-refractivity contribution in [2.75, 3.05) is 0 Å². The molecule has 160 valence electrons. The van der Waals surface area contributed by atoms with Crippen molar-refractivity contribution in [3.8, 4) is 5.75 Å². The van der Waals surface area contributed by atoms with Gasteiger partial charge in [-0.2, -0.15) is 0 Å². The fourth-order valence-electron chi connectivity index (χ4n) is 4.28. The molecule has 0 aromatic heterocycles. The average Bonchev–Trinajstić information content (AvgIpc) is 2.59. The molecular formula is C26H44O2. The molecule has 2 heteroatoms. The van der Waals surface area contributed by atoms with Gasteiger partial charge in [-0.1, -0.05) is 79.9 Å². The molecule has 0 heterocycles. The molecule has 2 atom stereocenters. The van der Waals surface area contributed by atoms with E-state index < -0.39 is 0 Å². The highest BCUT2D eigenvalue weighted by Gasteiger charge is 2.25. The Morgan fingerprint density at radius 2 is 1.54 bits per heavy atom. The topological polar surface area (TPSA) is 18.5 Å². The van der Waals surface area contributed by atoms with E-state index in [1.807, 2.05) is 0 Å². The van der Waals surface area contributed by atoms with Crippen molar-refractivity contribution in [2.24, 2.45) is 17.3 Å². The zero-order valence-electron chi connectivity index (χ0n) is 19.5. The zero-order valence-corrected chi connectivity index (χ0v) is 19.5. The summed E-state index contributed by atoms with van der Waals surface area (Å²) >= 11 is 0. The van der Waals surface area contributed by atoms with Gasteiger partial charge in [0.15, 0.2) is 0 Å². The van der Waals surface area contributed by atoms with Crippen LogP contribution in [-0.4, -0.2) is 12.4 Å². The monoisotopic (exact) mass is 388 g/mol. The quantitative estimate of drug-likeness (QED) is 0.399. The molecule has 1 aromatic rings. The van der Waals surface area contributed by atoms with Crippen LogP contribution in [0.2, 0.25) is 0 Å². The molecule has 0 radical (unpaired) electrons. The van der Waals surface area contributed by atoms with E-state index in [0.29, 0.717) is 23.9 Å². The highest BCUT2D eigenvalue weighted by molar-refractivity contribution is 5.30. The lowest BCUT2D eigenvalue weighted by molar-refractivity contribution is -0.142. The third-order valence-electron chi connectivity index (χ3n) is 5.78. The molecule has 1 aromatic carbocycles. The third kappa shape index (κ3) is 8.15. The number of ether oxygens (including phenoxy) is 2. The maximum absolute atomic E-state index is 6.42. The minimum absolute atomic E-state index is 0.162. The first-order valence-corrected chi connectivity index (χ1v) is 11.6. The summed E-state index contributed by atoms with van der Waals surface area (Å²) in [7, 11) is 0. The lowest BCUT2D eigenvalue weighted by Gasteiger charge is -2.31. The minimum Gasteiger partial charge on any atom is -0.465 e. The van der Waals surface area contributed by atoms with Crippen molar-refractivity contribution in [1.29, 1.82) is 0 Å². The molecule has 2 nitrogen and oxygen atoms in total. The second-order valence-electron chi connectivity index (χ2n) is 10.8. The van der Waals surface area contributed by atoms with E-state index in [1.54, 1.807) is 0 Å². The molecule has 0 N–H and O–H groups in total. The Hall–Kier alpha value is -1.02. The van der Waals surface area contributed by atoms with E-state index in [0.717, 1.165) is 12.2 Å². The summed E-state index contributed by atoms with van der Waals surface area (Å²) in [5, 5.41) is 0. The van der Waals surface area contributed by atoms with Gasteiger partial charge in [0.25, 0.3) is 0 Å². The van der Waals surface area contributed by atoms with E-state index >= 15 is 0 Å². The average molecular weight is 389 g/mol. The highest BCUT2D eigenvalue weighted by Crippen LogP contribution is 2.33. The van der Waals surface area contributed by atoms with Crippen LogP contribution < -0.4 is 4.74 Å². The maximum atomic E-state index is 6.42. The van der Waals surface area contributed by atoms with Crippen molar-refractivity contribution in [2.45, 2.75) is 112 Å². The van der Waals surface area contributed by atoms with Crippen molar-refractivity contribution in [3.63, 3.8) is 0 Å². The molecule has 0 spiro atoms. The standard InChI is InChI=1S/C26H44O2/c1-19(2)17-24(20(3)4)21-13-15-23(16-14-21)28-25(18-26(5,6)7)27-22-11-9-8-10-12-22/h13-16,19-20,22,24-25H,8-12,17-18H2,1-7H3. The Morgan fingerprint density at radius 1 is 0.929 bits per heavy atom. The molecule has 0 bridgehead atoms. The largest absolute Gasteiger partial charge is 0.465 e. The number of rotatable bonds is 9. The van der Waals surface area contributed by atoms with Gasteiger partial charge in [0.2, 0.25) is 6.29 Å². The van der Waals surface area contributed by atoms with Crippen molar-refractivity contribution >= 4 is 0 Å². The maximum Gasteiger partial charge on any atom is 0.200 e. The van der Waals surface area contributed by atoms with E-state index in [2.05, 4.69) is 72.7 Å². The Morgan fingerprint density at radius 3 is 2.04 bits per heavy atom. The summed E-state index contributed by atoms with van der Waals surface area (Å²) in [6.07, 6.45) is 8.61. The minimum atomic E-state index is -0.162. The Balaban J connectivity index is 2.05. The normalized spacial score (nSPS) is 18.5. The highest BCUT2D eigenvalue weighted by atomic mass is 16.7. The molecule has 1 saturated carbocycles. The van der Waals surface area contributed by atoms with E-state index in [1.165, 1.54) is 44.1 Å². The van der Waals surface area contributed by atoms with E-state index in [-0.39, 0.29) is 11.7 Å². The molecule has 2 unspecified atom stereocenters. The van der Waals surface area contributed by atoms with Crippen LogP contribution in [0.25, 0.3) is 0 Å². The first-order chi connectivity index (χ1) is 13.1. The third-order valence-corrected chi connectivity index (χ3v) is 5.78. The van der Waals surface area contributed by atoms with Crippen molar-refractivity contribution in [1.82, 2.24) is 0 Å². The molecule has 28 heavy (non-hydrogen) atoms. The summed E-state index contributed by atoms with van der Waals surface area (Å²) < 4.78 is 12.8. The van der Waals surface area contributed by atoms with Gasteiger partial charge in [-0.15, -0.1) is 0 Å². The molecule has 2 rings (SSSR count). The summed E-state index contributed by atoms with van der Waals surface area (Å²) in [6.45, 7) is 16.1. The van der Waals surface area contributed by atoms with Crippen LogP contribution in [0.4, 0.5) is 0 Å². The van der Waals surface area contributed by atoms with Gasteiger partial charge in [-0.05, 0) is 60.1 Å². The van der Waals surface area contributed by atoms with Gasteiger partial charge >= 0.3 is 0 Å². The first-order valence-electron chi connectivity index (χ1n) is 11.6. The van der Waals surface area contributed by atoms with Crippen LogP contribution in [-0.2, 0) is 4.74 Å². The summed E-state index contributed by atoms with van der Waals surface area (Å²) in [5.74, 6) is 2.90. The van der Waals surface area contributed by atoms with Crippen LogP contribution in [0.3, 0.4) is 0 Å². The smallest absolute Gasteiger partial charge is 0.200 e. The van der Waals surface area contributed by atoms with Crippen LogP contribution in [0.15, 0.2) is 24.3 Å². The zero-order chi connectivity index (χ0) is 20.7. The Kier molecular flexibility index (Phi) is 8.86. The first kappa shape index (κ1) is 23.3. The molecular weight excluding hydrogens is 344 g/mol. The Labute approximate surface area is 174 Å². The number of hydrogen-bond donors (Lipinski definition) is 0. The molecule has 1 fully saturated rings. The fraction of sp³-hybridized carbons (Fsp3) is 0.769. The van der Waals surface area contributed by atoms with Gasteiger partial charge in [0.05, 0.1) is 6.10 Å². The summed E-state index contributed by atoms with van der Waals surface area (Å²) in [5.41, 5.74) is 1.61. The predicted octanol–water partition coefficient (Wildman–Crippen LogP) is 7.96. The van der Waals surface area contributed by atoms with Gasteiger partial charge in [-0.3, -0.25) is 0 Å². The number of benzene rings is 1. The molecule has 1 aliphatic rings. The van der Waals surface area contributed by atoms with Crippen LogP contribution in [0.5, 0.6) is 5.75 Å². The van der Waals surface area contributed by atoms with Gasteiger partial charge < -0.3 is 9.47 Å². The SMILES string of the molecule is CC(C)CC(c1ccc(OC(CC(C)(C)C)OC2CCCCC2)cc1)C(C)C. The fourth-order valence-corrected chi connectivity index (χ4v) is 4.28. The molecule has 0 saturated heterocycles. The number of hydrogen-bond acceptors (Lipinski definition) is 2. The lowest BCUT2D eigenvalue weighted by atomic mass is 9.82. The summed E-state index contributed by atoms with van der Waals surface area (Å²) in [6, 6.07) is 8.81. The molecule has 1 aliphatic carbocycles. The van der Waals surface area contributed by atoms with Crippen LogP contribution in [0, 0.1) is 17.3 Å². The van der Waals surface area contributed by atoms with Crippen LogP contribution >= 0.6 is 0 Å². The molecule has 0 aliphatic heterocycles.